The number of hydrogen-bond donors (Lipinski definition) is 0. The average Bonchev–Trinajstić information content (AvgIpc) is 2.64. The van der Waals surface area contributed by atoms with E-state index in [9.17, 15) is 0 Å². The Morgan fingerprint density at radius 3 is 2.44 bits per heavy atom. The second-order valence-corrected chi connectivity index (χ2v) is 7.52. The third kappa shape index (κ3) is 3.02. The van der Waals surface area contributed by atoms with E-state index in [0.29, 0.717) is 5.92 Å². The van der Waals surface area contributed by atoms with Crippen LogP contribution in [0, 0.1) is 13.8 Å². The van der Waals surface area contributed by atoms with Crippen molar-refractivity contribution in [3.63, 3.8) is 0 Å². The van der Waals surface area contributed by atoms with Gasteiger partial charge in [0.1, 0.15) is 0 Å². The molecule has 96 valence electrons. The number of hydrogen-bond acceptors (Lipinski definition) is 3. The largest absolute Gasteiger partial charge is 0.227 e. The van der Waals surface area contributed by atoms with E-state index in [2.05, 4.69) is 20.8 Å². The van der Waals surface area contributed by atoms with Gasteiger partial charge in [0.25, 0.3) is 0 Å². The molecule has 0 saturated carbocycles. The molecule has 0 bridgehead atoms. The van der Waals surface area contributed by atoms with E-state index in [0.717, 1.165) is 20.3 Å². The first-order valence-corrected chi connectivity index (χ1v) is 7.90. The molecular weight excluding hydrogens is 282 g/mol. The zero-order chi connectivity index (χ0) is 13.3. The molecule has 0 atom stereocenters. The van der Waals surface area contributed by atoms with Crippen molar-refractivity contribution in [3.05, 3.63) is 42.5 Å². The van der Waals surface area contributed by atoms with Gasteiger partial charge >= 0.3 is 0 Å². The van der Waals surface area contributed by atoms with Crippen molar-refractivity contribution in [1.29, 1.82) is 0 Å². The van der Waals surface area contributed by atoms with Gasteiger partial charge in [0.2, 0.25) is 0 Å². The molecule has 0 N–H and O–H groups in total. The van der Waals surface area contributed by atoms with E-state index in [1.54, 1.807) is 22.7 Å². The molecule has 0 aliphatic rings. The highest BCUT2D eigenvalue weighted by Gasteiger charge is 2.07. The van der Waals surface area contributed by atoms with E-state index in [1.807, 2.05) is 25.1 Å². The predicted molar refractivity (Wildman–Crippen MR) is 82.4 cm³/mol. The Kier molecular flexibility index (Phi) is 4.25. The summed E-state index contributed by atoms with van der Waals surface area (Å²) >= 11 is 9.52. The molecule has 1 heterocycles. The molecule has 0 aliphatic heterocycles. The summed E-state index contributed by atoms with van der Waals surface area (Å²) in [4.78, 5) is 7.53. The lowest BCUT2D eigenvalue weighted by Crippen LogP contribution is -1.87. The van der Waals surface area contributed by atoms with Crippen LogP contribution in [0.25, 0.3) is 0 Å². The summed E-state index contributed by atoms with van der Waals surface area (Å²) in [6.07, 6.45) is 0. The van der Waals surface area contributed by atoms with Crippen LogP contribution in [0.1, 0.15) is 35.1 Å². The molecule has 0 fully saturated rings. The summed E-state index contributed by atoms with van der Waals surface area (Å²) in [5.41, 5.74) is 2.12. The third-order valence-corrected chi connectivity index (χ3v) is 5.60. The molecule has 18 heavy (non-hydrogen) atoms. The van der Waals surface area contributed by atoms with Gasteiger partial charge in [-0.15, -0.1) is 22.7 Å². The summed E-state index contributed by atoms with van der Waals surface area (Å²) in [5, 5.41) is 0.764. The molecule has 0 amide bonds. The lowest BCUT2D eigenvalue weighted by Gasteiger charge is -1.99. The van der Waals surface area contributed by atoms with Crippen molar-refractivity contribution in [3.8, 4) is 0 Å². The molecule has 2 rings (SSSR count). The van der Waals surface area contributed by atoms with Crippen molar-refractivity contribution in [2.24, 2.45) is 4.99 Å². The number of aryl methyl sites for hydroxylation is 2. The van der Waals surface area contributed by atoms with Crippen molar-refractivity contribution < 1.29 is 0 Å². The van der Waals surface area contributed by atoms with E-state index in [-0.39, 0.29) is 0 Å². The van der Waals surface area contributed by atoms with Gasteiger partial charge in [-0.1, -0.05) is 25.4 Å². The molecule has 0 aliphatic carbocycles. The molecule has 2 aromatic rings. The van der Waals surface area contributed by atoms with E-state index < -0.39 is 0 Å². The van der Waals surface area contributed by atoms with E-state index in [4.69, 9.17) is 16.6 Å². The third-order valence-electron chi connectivity index (χ3n) is 2.68. The fourth-order valence-electron chi connectivity index (χ4n) is 1.78. The summed E-state index contributed by atoms with van der Waals surface area (Å²) in [5.74, 6) is 0.571. The summed E-state index contributed by atoms with van der Waals surface area (Å²) in [6.45, 7) is 8.66. The van der Waals surface area contributed by atoms with Crippen LogP contribution in [0.2, 0.25) is 5.02 Å². The van der Waals surface area contributed by atoms with Gasteiger partial charge in [-0.3, -0.25) is 0 Å². The Hall–Kier alpha value is -0.640. The second-order valence-electron chi connectivity index (χ2n) is 4.59. The molecular formula is C14H16ClNS2. The van der Waals surface area contributed by atoms with Crippen LogP contribution in [-0.2, 0) is 0 Å². The first-order valence-electron chi connectivity index (χ1n) is 5.88. The maximum atomic E-state index is 5.95. The van der Waals surface area contributed by atoms with E-state index in [1.165, 1.54) is 9.75 Å². The van der Waals surface area contributed by atoms with Crippen molar-refractivity contribution in [1.82, 2.24) is 0 Å². The molecule has 0 spiro atoms. The minimum atomic E-state index is 0.571. The topological polar surface area (TPSA) is 12.4 Å². The van der Waals surface area contributed by atoms with Gasteiger partial charge in [0.05, 0.1) is 5.69 Å². The Labute approximate surface area is 121 Å². The van der Waals surface area contributed by atoms with Gasteiger partial charge in [-0.2, -0.15) is 0 Å². The summed E-state index contributed by atoms with van der Waals surface area (Å²) < 4.78 is 1.11. The lowest BCUT2D eigenvalue weighted by atomic mass is 10.2. The highest BCUT2D eigenvalue weighted by molar-refractivity contribution is 7.27. The molecule has 1 aromatic carbocycles. The SMILES string of the molecule is Cc1cc(Cl)ccc1/N=c1\sc(C)c(C(C)C)s1. The Balaban J connectivity index is 2.47. The smallest absolute Gasteiger partial charge is 0.171 e. The zero-order valence-corrected chi connectivity index (χ0v) is 13.3. The maximum Gasteiger partial charge on any atom is 0.171 e. The highest BCUT2D eigenvalue weighted by atomic mass is 35.5. The van der Waals surface area contributed by atoms with E-state index >= 15 is 0 Å². The quantitative estimate of drug-likeness (QED) is 0.700. The standard InChI is InChI=1S/C14H16ClNS2/c1-8(2)13-10(4)17-14(18-13)16-12-6-5-11(15)7-9(12)3/h5-8H,1-4H3/b16-14+. The minimum absolute atomic E-state index is 0.571. The minimum Gasteiger partial charge on any atom is -0.227 e. The number of benzene rings is 1. The second kappa shape index (κ2) is 5.55. The number of halogens is 1. The Morgan fingerprint density at radius 1 is 1.17 bits per heavy atom. The zero-order valence-electron chi connectivity index (χ0n) is 11.0. The number of rotatable bonds is 2. The maximum absolute atomic E-state index is 5.95. The van der Waals surface area contributed by atoms with Gasteiger partial charge in [0.15, 0.2) is 3.98 Å². The van der Waals surface area contributed by atoms with Gasteiger partial charge in [0, 0.05) is 14.8 Å². The van der Waals surface area contributed by atoms with Crippen LogP contribution >= 0.6 is 34.3 Å². The molecule has 1 nitrogen and oxygen atoms in total. The average molecular weight is 298 g/mol. The molecule has 0 saturated heterocycles. The van der Waals surface area contributed by atoms with Crippen LogP contribution < -0.4 is 3.98 Å². The molecule has 0 unspecified atom stereocenters. The fraction of sp³-hybridized carbons (Fsp3) is 0.357. The number of nitrogens with zero attached hydrogens (tertiary/aromatic N) is 1. The van der Waals surface area contributed by atoms with Crippen LogP contribution in [0.4, 0.5) is 5.69 Å². The lowest BCUT2D eigenvalue weighted by molar-refractivity contribution is 0.884. The molecule has 1 aromatic heterocycles. The predicted octanol–water partition coefficient (Wildman–Crippen LogP) is 5.44. The fourth-order valence-corrected chi connectivity index (χ4v) is 4.52. The van der Waals surface area contributed by atoms with Gasteiger partial charge in [-0.05, 0) is 43.5 Å². The van der Waals surface area contributed by atoms with Crippen LogP contribution in [0.5, 0.6) is 0 Å². The normalized spacial score (nSPS) is 12.4. The summed E-state index contributed by atoms with van der Waals surface area (Å²) in [7, 11) is 0. The van der Waals surface area contributed by atoms with Crippen molar-refractivity contribution in [2.45, 2.75) is 33.6 Å². The van der Waals surface area contributed by atoms with Crippen LogP contribution in [0.15, 0.2) is 23.2 Å². The van der Waals surface area contributed by atoms with Crippen molar-refractivity contribution >= 4 is 40.0 Å². The van der Waals surface area contributed by atoms with Gasteiger partial charge in [-0.25, -0.2) is 4.99 Å². The molecule has 4 heteroatoms. The summed E-state index contributed by atoms with van der Waals surface area (Å²) in [6, 6.07) is 5.82. The molecule has 0 radical (unpaired) electrons. The van der Waals surface area contributed by atoms with Crippen molar-refractivity contribution in [2.75, 3.05) is 0 Å². The first-order chi connectivity index (χ1) is 8.47. The monoisotopic (exact) mass is 297 g/mol. The van der Waals surface area contributed by atoms with Crippen LogP contribution in [0.3, 0.4) is 0 Å². The first kappa shape index (κ1) is 13.8. The highest BCUT2D eigenvalue weighted by Crippen LogP contribution is 2.27. The Morgan fingerprint density at radius 2 is 1.89 bits per heavy atom. The van der Waals surface area contributed by atoms with Gasteiger partial charge < -0.3 is 0 Å². The Bertz CT molecular complexity index is 623. The van der Waals surface area contributed by atoms with Crippen LogP contribution in [-0.4, -0.2) is 0 Å².